The Labute approximate surface area is 859 Å². The highest BCUT2D eigenvalue weighted by Crippen LogP contribution is 2.61. The monoisotopic (exact) mass is 2130 g/mol. The lowest BCUT2D eigenvalue weighted by Gasteiger charge is -2.54. The molecule has 30 nitrogen and oxygen atoms in total. The van der Waals surface area contributed by atoms with E-state index in [-0.39, 0.29) is 105 Å². The molecule has 13 saturated heterocycles. The van der Waals surface area contributed by atoms with Gasteiger partial charge in [0.25, 0.3) is 20.2 Å². The van der Waals surface area contributed by atoms with Crippen molar-refractivity contribution in [2.24, 2.45) is 59.2 Å². The number of hydrogen-bond donors (Lipinski definition) is 0. The molecule has 145 heavy (non-hydrogen) atoms. The van der Waals surface area contributed by atoms with E-state index in [1.165, 1.54) is 184 Å². The van der Waals surface area contributed by atoms with Crippen LogP contribution in [0.15, 0.2) is 158 Å². The summed E-state index contributed by atoms with van der Waals surface area (Å²) >= 11 is 0. The normalized spacial score (nSPS) is 34.3. The van der Waals surface area contributed by atoms with Gasteiger partial charge in [-0.15, -0.1) is 0 Å². The summed E-state index contributed by atoms with van der Waals surface area (Å²) in [6.07, 6.45) is 19.6. The number of rotatable bonds is 26. The summed E-state index contributed by atoms with van der Waals surface area (Å²) in [4.78, 5) is 117. The predicted molar refractivity (Wildman–Crippen MR) is 537 cm³/mol. The van der Waals surface area contributed by atoms with Crippen molar-refractivity contribution in [2.75, 3.05) is 97.7 Å². The summed E-state index contributed by atoms with van der Waals surface area (Å²) in [6, 6.07) is 44.6. The van der Waals surface area contributed by atoms with Gasteiger partial charge >= 0.3 is 47.8 Å². The van der Waals surface area contributed by atoms with Gasteiger partial charge in [0.1, 0.15) is 146 Å². The molecule has 0 radical (unpaired) electrons. The molecule has 13 heterocycles. The van der Waals surface area contributed by atoms with Crippen molar-refractivity contribution in [1.29, 1.82) is 0 Å². The van der Waals surface area contributed by atoms with E-state index in [9.17, 15) is 60.0 Å². The lowest BCUT2D eigenvalue weighted by atomic mass is 9.53. The fourth-order valence-corrected chi connectivity index (χ4v) is 41.8. The Bertz CT molecular complexity index is 5840. The van der Waals surface area contributed by atoms with Crippen molar-refractivity contribution >= 4 is 139 Å². The van der Waals surface area contributed by atoms with E-state index in [0.29, 0.717) is 115 Å². The van der Waals surface area contributed by atoms with Crippen LogP contribution in [0.5, 0.6) is 28.7 Å². The topological polar surface area (TPSA) is 379 Å². The lowest BCUT2D eigenvalue weighted by molar-refractivity contribution is -0.191. The molecule has 8 saturated carbocycles. The molecule has 0 amide bonds. The third-order valence-electron chi connectivity index (χ3n) is 33.1. The van der Waals surface area contributed by atoms with Gasteiger partial charge < -0.3 is 71.1 Å². The minimum Gasteiger partial charge on any atom is -0.482 e. The second-order valence-corrected chi connectivity index (χ2v) is 56.9. The maximum Gasteiger partial charge on any atom is 0.344 e. The van der Waals surface area contributed by atoms with E-state index in [2.05, 4.69) is 66.7 Å². The number of ether oxygens (including phenoxy) is 15. The van der Waals surface area contributed by atoms with Crippen LogP contribution in [0.3, 0.4) is 0 Å². The van der Waals surface area contributed by atoms with Gasteiger partial charge in [-0.1, -0.05) is 18.2 Å². The van der Waals surface area contributed by atoms with Gasteiger partial charge in [0, 0.05) is 101 Å². The molecule has 23 unspecified atom stereocenters. The molecule has 0 N–H and O–H groups in total. The molecule has 8 aliphatic carbocycles. The Hall–Kier alpha value is -8.50. The van der Waals surface area contributed by atoms with Crippen LogP contribution in [0.25, 0.3) is 10.8 Å². The molecule has 0 aromatic heterocycles. The second-order valence-electron chi connectivity index (χ2n) is 42.0. The number of Topliss-reactive ketones (excluding diaryl/α,β-unsaturated/α-hetero) is 1. The molecule has 12 bridgehead atoms. The first-order chi connectivity index (χ1) is 70.4. The van der Waals surface area contributed by atoms with Crippen molar-refractivity contribution in [3.05, 3.63) is 133 Å². The van der Waals surface area contributed by atoms with Crippen molar-refractivity contribution in [3.63, 3.8) is 0 Å². The number of esters is 8. The molecule has 6 aromatic carbocycles. The summed E-state index contributed by atoms with van der Waals surface area (Å²) in [5.74, 6) is 12.3. The van der Waals surface area contributed by atoms with Gasteiger partial charge in [0.15, 0.2) is 75.8 Å². The van der Waals surface area contributed by atoms with Crippen LogP contribution in [-0.4, -0.2) is 257 Å². The molecular weight excluding hydrogens is 2000 g/mol. The van der Waals surface area contributed by atoms with E-state index in [0.717, 1.165) is 49.7 Å². The minimum atomic E-state index is -3.62. The Kier molecular flexibility index (Phi) is 30.3. The maximum absolute atomic E-state index is 12.5. The minimum absolute atomic E-state index is 0.0260. The first-order valence-corrected chi connectivity index (χ1v) is 62.7. The second kappa shape index (κ2) is 43.5. The van der Waals surface area contributed by atoms with Gasteiger partial charge in [-0.05, 0) is 275 Å². The first kappa shape index (κ1) is 101. The first-order valence-electron chi connectivity index (χ1n) is 52.0. The van der Waals surface area contributed by atoms with E-state index in [1.54, 1.807) is 0 Å². The fraction of sp³-hybridized carbons (Fsp3) is 0.602. The van der Waals surface area contributed by atoms with Crippen LogP contribution in [0, 0.1) is 59.2 Å². The van der Waals surface area contributed by atoms with Crippen LogP contribution in [-0.2, 0) is 174 Å². The van der Waals surface area contributed by atoms with Crippen LogP contribution in [0.1, 0.15) is 154 Å². The SMILES string of the molecule is COC(=O)C1C2CC3C(OC(=O)C31)C2OC(=O)COc1ccc([S+]2CCCCC2)cc1.O=C(COc1ccc([S+]2CCCC2)c2ccccc12)OC1C2CC3C(=O)OC1C3O2.O=C(COc1ccc([S+]2CCCCC2)cc1)OC12CC3CC(C1)C(=O)C(C3)C2.O=C(COc1ccc([S+]2CCCCC2)cc1)OC1C2CC3C(O2)C1OS3(=O)=O.O=C(COc1ccc([S+]2CCCCC2)cc1)OC1C2CC3C1OS(=O)(=O)C3C2. The van der Waals surface area contributed by atoms with Gasteiger partial charge in [0.2, 0.25) is 0 Å². The molecule has 21 fully saturated rings. The Morgan fingerprint density at radius 1 is 0.372 bits per heavy atom. The average molecular weight is 2130 g/mol. The van der Waals surface area contributed by atoms with E-state index in [1.807, 2.05) is 66.7 Å². The number of methoxy groups -OCH3 is 1. The number of ketones is 1. The third-order valence-corrected chi connectivity index (χ3v) is 49.1. The highest BCUT2D eigenvalue weighted by Gasteiger charge is 2.72. The van der Waals surface area contributed by atoms with Gasteiger partial charge in [-0.2, -0.15) is 16.8 Å². The molecule has 6 aromatic rings. The molecule has 776 valence electrons. The quantitative estimate of drug-likeness (QED) is 0.0211. The number of carbonyl (C=O) groups excluding carboxylic acids is 9. The zero-order valence-corrected chi connectivity index (χ0v) is 87.0. The lowest BCUT2D eigenvalue weighted by Crippen LogP contribution is -2.57. The maximum atomic E-state index is 12.5. The summed E-state index contributed by atoms with van der Waals surface area (Å²) in [5.41, 5.74) is -0.406. The van der Waals surface area contributed by atoms with Crippen LogP contribution < -0.4 is 23.7 Å². The van der Waals surface area contributed by atoms with Crippen molar-refractivity contribution in [2.45, 2.75) is 268 Å². The van der Waals surface area contributed by atoms with Crippen molar-refractivity contribution in [1.82, 2.24) is 0 Å². The predicted octanol–water partition coefficient (Wildman–Crippen LogP) is 12.3. The van der Waals surface area contributed by atoms with Gasteiger partial charge in [-0.3, -0.25) is 27.5 Å². The molecule has 37 heteroatoms. The molecule has 13 aliphatic heterocycles. The van der Waals surface area contributed by atoms with E-state index < -0.39 is 139 Å². The third kappa shape index (κ3) is 21.5. The van der Waals surface area contributed by atoms with Gasteiger partial charge in [0.05, 0.1) is 42.3 Å². The molecular formula is C108H127O30S7+5. The zero-order chi connectivity index (χ0) is 99.5. The highest BCUT2D eigenvalue weighted by molar-refractivity contribution is 7.98. The van der Waals surface area contributed by atoms with Crippen LogP contribution in [0.2, 0.25) is 0 Å². The Morgan fingerprint density at radius 2 is 0.807 bits per heavy atom. The van der Waals surface area contributed by atoms with Crippen molar-refractivity contribution in [3.8, 4) is 28.7 Å². The number of hydrogen-bond acceptors (Lipinski definition) is 30. The number of carbonyl (C=O) groups is 9. The standard InChI is InChI=1S/C23H27O7S.C23H23O6S.C23H29O4S.C20H25O6S2.C19H23O7S2/c1-27-22(25)18-15-11-16-19(18)23(26)30-21(16)20(15)29-17(24)12-28-13-5-7-14(8-6-13)31-9-3-2-4-10-31;24-19(28-21-17-11-15-20(27-17)22(21)29-23(15)25)12-26-16-7-8-18(30-9-3-4-10-30)14-6-2-1-5-13(14)16;24-21(27-23-12-16-10-17(13-23)22(25)18(11-16)14-23)15-26-19-4-6-20(7-5-19)28-8-2-1-3-9-28;21-18(25-19-13-10-16-17(11-13)28(22,23)26-20(16)19)12-24-14-4-6-15(7-5-14)27-8-2-1-3-9-27;20-16(25-17-14-10-15-18(24-14)19(17)26-28(15,21)22)11-23-12-4-6-13(7-5-12)27-8-2-1-3-9-27/h5-8,15-16,18-21H,2-4,9-12H2,1H3;1-2,5-8,15,17,20-22H,3-4,9-12H2;4-7,16-18H,1-3,8-15H2;4-7,13,16-17,19-20H,1-3,8-12H2;4-7,14-15,17-19H,1-3,8-11H2/q5*+1. The number of benzene rings is 6. The van der Waals surface area contributed by atoms with Crippen LogP contribution >= 0.6 is 0 Å². The van der Waals surface area contributed by atoms with Crippen LogP contribution in [0.4, 0.5) is 0 Å². The van der Waals surface area contributed by atoms with Crippen molar-refractivity contribution < 1.29 is 139 Å². The summed E-state index contributed by atoms with van der Waals surface area (Å²) in [5, 5.41) is 1.20. The summed E-state index contributed by atoms with van der Waals surface area (Å²) in [7, 11) is -4.10. The largest absolute Gasteiger partial charge is 0.482 e. The van der Waals surface area contributed by atoms with E-state index in [4.69, 9.17) is 79.4 Å². The molecule has 23 atom stereocenters. The van der Waals surface area contributed by atoms with Gasteiger partial charge in [-0.25, -0.2) is 24.0 Å². The van der Waals surface area contributed by atoms with E-state index >= 15 is 0 Å². The zero-order valence-electron chi connectivity index (χ0n) is 81.2. The average Bonchev–Trinajstić information content (AvgIpc) is 1.50. The molecule has 27 rings (SSSR count). The molecule has 0 spiro atoms. The highest BCUT2D eigenvalue weighted by atomic mass is 32.2. The Balaban J connectivity index is 0.000000103. The fourth-order valence-electron chi connectivity index (χ4n) is 26.6. The summed E-state index contributed by atoms with van der Waals surface area (Å²) in [6.45, 7) is -0.885. The molecule has 21 aliphatic rings. The number of fused-ring (bicyclic) bond motifs is 5. The summed E-state index contributed by atoms with van der Waals surface area (Å²) < 4.78 is 142. The Morgan fingerprint density at radius 3 is 1.32 bits per heavy atom. The smallest absolute Gasteiger partial charge is 0.344 e.